The molecule has 1 radical (unpaired) electrons. The maximum atomic E-state index is 10.7. The van der Waals surface area contributed by atoms with Crippen LogP contribution >= 0.6 is 11.3 Å². The van der Waals surface area contributed by atoms with Gasteiger partial charge >= 0.3 is 0 Å². The molecular formula is C13H22BN2O2SSi. The molecule has 1 unspecified atom stereocenters. The van der Waals surface area contributed by atoms with E-state index in [0.717, 1.165) is 18.4 Å². The predicted molar refractivity (Wildman–Crippen MR) is 86.1 cm³/mol. The molecule has 0 bridgehead atoms. The summed E-state index contributed by atoms with van der Waals surface area (Å²) in [4.78, 5) is 18.4. The molecule has 0 aromatic carbocycles. The molecule has 7 heteroatoms. The Morgan fingerprint density at radius 2 is 2.25 bits per heavy atom. The average molecular weight is 309 g/mol. The van der Waals surface area contributed by atoms with Gasteiger partial charge in [-0.05, 0) is 18.1 Å². The van der Waals surface area contributed by atoms with Crippen molar-refractivity contribution in [1.82, 2.24) is 9.79 Å². The summed E-state index contributed by atoms with van der Waals surface area (Å²) in [6.07, 6.45) is 0.865. The van der Waals surface area contributed by atoms with E-state index in [4.69, 9.17) is 4.43 Å². The number of rotatable bonds is 4. The summed E-state index contributed by atoms with van der Waals surface area (Å²) in [7, 11) is -0.249. The van der Waals surface area contributed by atoms with Crippen LogP contribution in [-0.4, -0.2) is 38.3 Å². The highest BCUT2D eigenvalue weighted by molar-refractivity contribution is 7.09. The molecule has 0 saturated heterocycles. The molecular weight excluding hydrogens is 287 g/mol. The van der Waals surface area contributed by atoms with Crippen LogP contribution in [0.25, 0.3) is 0 Å². The fourth-order valence-corrected chi connectivity index (χ4v) is 4.20. The van der Waals surface area contributed by atoms with Crippen LogP contribution in [0.15, 0.2) is 5.51 Å². The zero-order chi connectivity index (χ0) is 15.0. The molecule has 1 aromatic heterocycles. The summed E-state index contributed by atoms with van der Waals surface area (Å²) in [5, 5.41) is 0.175. The Hall–Kier alpha value is -0.498. The van der Waals surface area contributed by atoms with Crippen molar-refractivity contribution in [3.8, 4) is 0 Å². The first-order valence-corrected chi connectivity index (χ1v) is 10.7. The fourth-order valence-electron chi connectivity index (χ4n) is 2.03. The SMILES string of the molecule is CC(C)(C)[Si](C)(C)OC1CN([B]C=O)Cc2ncsc21. The monoisotopic (exact) mass is 309 g/mol. The molecule has 1 aliphatic rings. The summed E-state index contributed by atoms with van der Waals surface area (Å²) in [5.74, 6) is 0. The van der Waals surface area contributed by atoms with E-state index in [-0.39, 0.29) is 11.1 Å². The molecule has 1 aromatic rings. The average Bonchev–Trinajstić information content (AvgIpc) is 2.75. The minimum absolute atomic E-state index is 0.0309. The van der Waals surface area contributed by atoms with Gasteiger partial charge in [-0.15, -0.1) is 11.3 Å². The standard InChI is InChI=1S/C13H22BN2O2SSi/c1-13(2,3)20(4,5)18-11-7-16(14-8-17)6-10-12(11)19-9-15-10/h8-9,11H,6-7H2,1-5H3. The van der Waals surface area contributed by atoms with Gasteiger partial charge in [-0.25, -0.2) is 4.98 Å². The first kappa shape index (κ1) is 15.9. The summed E-state index contributed by atoms with van der Waals surface area (Å²) >= 11 is 1.66. The van der Waals surface area contributed by atoms with Crippen molar-refractivity contribution >= 4 is 33.3 Å². The van der Waals surface area contributed by atoms with Gasteiger partial charge in [0, 0.05) is 13.1 Å². The van der Waals surface area contributed by atoms with E-state index in [9.17, 15) is 4.79 Å². The largest absolute Gasteiger partial charge is 0.408 e. The van der Waals surface area contributed by atoms with Crippen molar-refractivity contribution in [1.29, 1.82) is 0 Å². The van der Waals surface area contributed by atoms with Gasteiger partial charge in [-0.3, -0.25) is 0 Å². The zero-order valence-corrected chi connectivity index (χ0v) is 14.7. The fraction of sp³-hybridized carbons (Fsp3) is 0.692. The van der Waals surface area contributed by atoms with E-state index < -0.39 is 8.32 Å². The third-order valence-electron chi connectivity index (χ3n) is 4.23. The molecule has 2 rings (SSSR count). The van der Waals surface area contributed by atoms with Crippen molar-refractivity contribution in [3.63, 3.8) is 0 Å². The molecule has 20 heavy (non-hydrogen) atoms. The van der Waals surface area contributed by atoms with E-state index in [2.05, 4.69) is 38.8 Å². The molecule has 0 aliphatic carbocycles. The van der Waals surface area contributed by atoms with E-state index in [1.165, 1.54) is 4.88 Å². The number of nitrogens with zero attached hydrogens (tertiary/aromatic N) is 2. The Balaban J connectivity index is 2.21. The number of hydrogen-bond donors (Lipinski definition) is 0. The second-order valence-electron chi connectivity index (χ2n) is 6.74. The van der Waals surface area contributed by atoms with Gasteiger partial charge in [0.1, 0.15) is 0 Å². The molecule has 4 nitrogen and oxygen atoms in total. The smallest absolute Gasteiger partial charge is 0.293 e. The molecule has 0 saturated carbocycles. The topological polar surface area (TPSA) is 42.4 Å². The summed E-state index contributed by atoms with van der Waals surface area (Å²) in [6.45, 7) is 12.7. The molecule has 0 N–H and O–H groups in total. The molecule has 1 atom stereocenters. The normalized spacial score (nSPS) is 20.6. The minimum Gasteiger partial charge on any atom is -0.408 e. The lowest BCUT2D eigenvalue weighted by Gasteiger charge is -2.41. The highest BCUT2D eigenvalue weighted by Gasteiger charge is 2.41. The maximum Gasteiger partial charge on any atom is 0.293 e. The van der Waals surface area contributed by atoms with E-state index in [0.29, 0.717) is 6.54 Å². The third-order valence-corrected chi connectivity index (χ3v) is 9.68. The molecule has 0 amide bonds. The molecule has 0 fully saturated rings. The van der Waals surface area contributed by atoms with Gasteiger partial charge in [0.05, 0.1) is 28.4 Å². The Bertz CT molecular complexity index is 487. The Labute approximate surface area is 126 Å². The quantitative estimate of drug-likeness (QED) is 0.633. The number of aromatic nitrogens is 1. The Morgan fingerprint density at radius 3 is 2.85 bits per heavy atom. The van der Waals surface area contributed by atoms with Gasteiger partial charge in [-0.1, -0.05) is 20.8 Å². The van der Waals surface area contributed by atoms with Crippen LogP contribution < -0.4 is 0 Å². The lowest BCUT2D eigenvalue weighted by Crippen LogP contribution is -2.46. The maximum absolute atomic E-state index is 10.7. The van der Waals surface area contributed by atoms with Crippen LogP contribution in [0.5, 0.6) is 0 Å². The van der Waals surface area contributed by atoms with Gasteiger partial charge < -0.3 is 14.0 Å². The third kappa shape index (κ3) is 3.22. The highest BCUT2D eigenvalue weighted by atomic mass is 32.1. The van der Waals surface area contributed by atoms with E-state index in [1.807, 2.05) is 10.3 Å². The predicted octanol–water partition coefficient (Wildman–Crippen LogP) is 2.83. The zero-order valence-electron chi connectivity index (χ0n) is 12.8. The number of thiazole rings is 1. The van der Waals surface area contributed by atoms with Crippen molar-refractivity contribution in [2.24, 2.45) is 0 Å². The van der Waals surface area contributed by atoms with Crippen LogP contribution in [-0.2, 0) is 15.8 Å². The number of hydrogen-bond acceptors (Lipinski definition) is 5. The summed E-state index contributed by atoms with van der Waals surface area (Å²) < 4.78 is 6.54. The lowest BCUT2D eigenvalue weighted by molar-refractivity contribution is 0.142. The molecule has 109 valence electrons. The van der Waals surface area contributed by atoms with Gasteiger partial charge in [0.2, 0.25) is 0 Å². The Kier molecular flexibility index (Phi) is 4.54. The summed E-state index contributed by atoms with van der Waals surface area (Å²) in [6, 6.07) is 0. The highest BCUT2D eigenvalue weighted by Crippen LogP contribution is 2.42. The molecule has 1 aliphatic heterocycles. The minimum atomic E-state index is -1.84. The lowest BCUT2D eigenvalue weighted by atomic mass is 9.91. The van der Waals surface area contributed by atoms with E-state index >= 15 is 0 Å². The van der Waals surface area contributed by atoms with Crippen molar-refractivity contribution < 1.29 is 9.22 Å². The Morgan fingerprint density at radius 1 is 1.55 bits per heavy atom. The van der Waals surface area contributed by atoms with Crippen molar-refractivity contribution in [2.75, 3.05) is 6.54 Å². The molecule has 2 heterocycles. The van der Waals surface area contributed by atoms with Gasteiger partial charge in [0.15, 0.2) is 8.32 Å². The van der Waals surface area contributed by atoms with Crippen molar-refractivity contribution in [2.45, 2.75) is 51.6 Å². The van der Waals surface area contributed by atoms with Crippen LogP contribution in [0, 0.1) is 0 Å². The van der Waals surface area contributed by atoms with Crippen LogP contribution in [0.3, 0.4) is 0 Å². The number of carbonyl (C=O) groups excluding carboxylic acids is 1. The number of fused-ring (bicyclic) bond motifs is 1. The first-order valence-electron chi connectivity index (χ1n) is 6.87. The van der Waals surface area contributed by atoms with Crippen LogP contribution in [0.1, 0.15) is 37.4 Å². The summed E-state index contributed by atoms with van der Waals surface area (Å²) in [5.41, 5.74) is 2.92. The first-order chi connectivity index (χ1) is 9.24. The number of carbonyl (C=O) groups is 1. The second-order valence-corrected chi connectivity index (χ2v) is 12.4. The van der Waals surface area contributed by atoms with Crippen molar-refractivity contribution in [3.05, 3.63) is 16.1 Å². The van der Waals surface area contributed by atoms with E-state index in [1.54, 1.807) is 18.8 Å². The van der Waals surface area contributed by atoms with Crippen LogP contribution in [0.4, 0.5) is 0 Å². The van der Waals surface area contributed by atoms with Gasteiger partial charge in [-0.2, -0.15) is 0 Å². The van der Waals surface area contributed by atoms with Crippen LogP contribution in [0.2, 0.25) is 18.1 Å². The second kappa shape index (κ2) is 5.71. The molecule has 0 spiro atoms. The van der Waals surface area contributed by atoms with Gasteiger partial charge in [0.25, 0.3) is 7.41 Å².